The molecule has 0 aliphatic carbocycles. The first-order valence-electron chi connectivity index (χ1n) is 5.98. The Kier molecular flexibility index (Phi) is 3.61. The van der Waals surface area contributed by atoms with Crippen molar-refractivity contribution in [1.82, 2.24) is 0 Å². The lowest BCUT2D eigenvalue weighted by atomic mass is 10.1. The number of nitrogen functional groups attached to an aromatic ring is 1. The molecule has 0 spiro atoms. The molecular formula is C15H14F3NO. The standard InChI is InChI=1S/C15H14F3NO/c1-9-3-10(2)5-13(4-9)20-14-7-11(15(16,17)18)6-12(19)8-14/h3-8H,19H2,1-2H3. The maximum absolute atomic E-state index is 12.7. The summed E-state index contributed by atoms with van der Waals surface area (Å²) in [6.07, 6.45) is -4.45. The molecule has 106 valence electrons. The van der Waals surface area contributed by atoms with Crippen molar-refractivity contribution in [2.24, 2.45) is 0 Å². The summed E-state index contributed by atoms with van der Waals surface area (Å²) in [6.45, 7) is 3.78. The van der Waals surface area contributed by atoms with E-state index >= 15 is 0 Å². The number of halogens is 3. The maximum atomic E-state index is 12.7. The second-order valence-electron chi connectivity index (χ2n) is 4.71. The third kappa shape index (κ3) is 3.44. The van der Waals surface area contributed by atoms with Crippen LogP contribution in [0, 0.1) is 13.8 Å². The van der Waals surface area contributed by atoms with Crippen molar-refractivity contribution in [3.63, 3.8) is 0 Å². The van der Waals surface area contributed by atoms with Gasteiger partial charge in [0.15, 0.2) is 0 Å². The molecule has 0 radical (unpaired) electrons. The number of rotatable bonds is 2. The highest BCUT2D eigenvalue weighted by Crippen LogP contribution is 2.35. The fraction of sp³-hybridized carbons (Fsp3) is 0.200. The van der Waals surface area contributed by atoms with Gasteiger partial charge in [0, 0.05) is 11.8 Å². The van der Waals surface area contributed by atoms with E-state index in [4.69, 9.17) is 10.5 Å². The van der Waals surface area contributed by atoms with Gasteiger partial charge in [0.2, 0.25) is 0 Å². The molecule has 5 heteroatoms. The van der Waals surface area contributed by atoms with Crippen molar-refractivity contribution in [2.75, 3.05) is 5.73 Å². The predicted octanol–water partition coefficient (Wildman–Crippen LogP) is 4.70. The Morgan fingerprint density at radius 1 is 0.850 bits per heavy atom. The van der Waals surface area contributed by atoms with Crippen LogP contribution in [0.15, 0.2) is 36.4 Å². The van der Waals surface area contributed by atoms with Gasteiger partial charge in [-0.1, -0.05) is 6.07 Å². The zero-order valence-electron chi connectivity index (χ0n) is 11.1. The number of aryl methyl sites for hydroxylation is 2. The maximum Gasteiger partial charge on any atom is 0.416 e. The number of benzene rings is 2. The number of anilines is 1. The van der Waals surface area contributed by atoms with E-state index in [9.17, 15) is 13.2 Å². The van der Waals surface area contributed by atoms with Crippen LogP contribution in [0.5, 0.6) is 11.5 Å². The molecule has 2 rings (SSSR count). The van der Waals surface area contributed by atoms with Crippen molar-refractivity contribution in [2.45, 2.75) is 20.0 Å². The summed E-state index contributed by atoms with van der Waals surface area (Å²) in [5, 5.41) is 0. The molecule has 0 fully saturated rings. The fourth-order valence-electron chi connectivity index (χ4n) is 1.97. The lowest BCUT2D eigenvalue weighted by Crippen LogP contribution is -2.06. The SMILES string of the molecule is Cc1cc(C)cc(Oc2cc(N)cc(C(F)(F)F)c2)c1. The van der Waals surface area contributed by atoms with E-state index in [1.807, 2.05) is 19.9 Å². The Balaban J connectivity index is 2.36. The van der Waals surface area contributed by atoms with Gasteiger partial charge in [0.1, 0.15) is 11.5 Å². The molecule has 0 amide bonds. The van der Waals surface area contributed by atoms with E-state index in [-0.39, 0.29) is 11.4 Å². The molecule has 2 aromatic rings. The fourth-order valence-corrected chi connectivity index (χ4v) is 1.97. The first-order chi connectivity index (χ1) is 9.24. The van der Waals surface area contributed by atoms with E-state index in [1.54, 1.807) is 12.1 Å². The number of alkyl halides is 3. The van der Waals surface area contributed by atoms with Crippen LogP contribution in [-0.2, 0) is 6.18 Å². The predicted molar refractivity (Wildman–Crippen MR) is 71.8 cm³/mol. The van der Waals surface area contributed by atoms with Gasteiger partial charge in [-0.3, -0.25) is 0 Å². The van der Waals surface area contributed by atoms with Gasteiger partial charge in [-0.2, -0.15) is 13.2 Å². The van der Waals surface area contributed by atoms with Crippen LogP contribution in [0.2, 0.25) is 0 Å². The van der Waals surface area contributed by atoms with Crippen molar-refractivity contribution >= 4 is 5.69 Å². The summed E-state index contributed by atoms with van der Waals surface area (Å²) >= 11 is 0. The molecule has 2 aromatic carbocycles. The second-order valence-corrected chi connectivity index (χ2v) is 4.71. The Bertz CT molecular complexity index is 615. The van der Waals surface area contributed by atoms with Gasteiger partial charge in [-0.15, -0.1) is 0 Å². The number of hydrogen-bond donors (Lipinski definition) is 1. The molecule has 20 heavy (non-hydrogen) atoms. The highest BCUT2D eigenvalue weighted by molar-refractivity contribution is 5.50. The summed E-state index contributed by atoms with van der Waals surface area (Å²) in [5.74, 6) is 0.559. The number of ether oxygens (including phenoxy) is 1. The molecular weight excluding hydrogens is 267 g/mol. The minimum Gasteiger partial charge on any atom is -0.457 e. The Morgan fingerprint density at radius 2 is 1.40 bits per heavy atom. The summed E-state index contributed by atoms with van der Waals surface area (Å²) in [4.78, 5) is 0. The van der Waals surface area contributed by atoms with Gasteiger partial charge >= 0.3 is 6.18 Å². The van der Waals surface area contributed by atoms with Gasteiger partial charge in [0.05, 0.1) is 5.56 Å². The molecule has 0 aliphatic heterocycles. The Hall–Kier alpha value is -2.17. The van der Waals surface area contributed by atoms with E-state index < -0.39 is 11.7 Å². The van der Waals surface area contributed by atoms with Crippen LogP contribution in [0.25, 0.3) is 0 Å². The second kappa shape index (κ2) is 5.07. The molecule has 0 aliphatic rings. The molecule has 0 unspecified atom stereocenters. The topological polar surface area (TPSA) is 35.2 Å². The first kappa shape index (κ1) is 14.2. The van der Waals surface area contributed by atoms with Crippen LogP contribution in [-0.4, -0.2) is 0 Å². The highest BCUT2D eigenvalue weighted by Gasteiger charge is 2.31. The Morgan fingerprint density at radius 3 is 1.95 bits per heavy atom. The first-order valence-corrected chi connectivity index (χ1v) is 5.98. The lowest BCUT2D eigenvalue weighted by Gasteiger charge is -2.12. The molecule has 0 heterocycles. The average Bonchev–Trinajstić information content (AvgIpc) is 2.25. The highest BCUT2D eigenvalue weighted by atomic mass is 19.4. The molecule has 0 saturated heterocycles. The molecule has 0 aromatic heterocycles. The molecule has 2 N–H and O–H groups in total. The number of nitrogens with two attached hydrogens (primary N) is 1. The minimum atomic E-state index is -4.45. The smallest absolute Gasteiger partial charge is 0.416 e. The third-order valence-electron chi connectivity index (χ3n) is 2.69. The molecule has 2 nitrogen and oxygen atoms in total. The van der Waals surface area contributed by atoms with Crippen molar-refractivity contribution in [1.29, 1.82) is 0 Å². The summed E-state index contributed by atoms with van der Waals surface area (Å²) < 4.78 is 43.6. The third-order valence-corrected chi connectivity index (χ3v) is 2.69. The van der Waals surface area contributed by atoms with Crippen molar-refractivity contribution in [3.05, 3.63) is 53.1 Å². The summed E-state index contributed by atoms with van der Waals surface area (Å²) in [5.41, 5.74) is 6.62. The quantitative estimate of drug-likeness (QED) is 0.810. The monoisotopic (exact) mass is 281 g/mol. The van der Waals surface area contributed by atoms with Gasteiger partial charge < -0.3 is 10.5 Å². The molecule has 0 atom stereocenters. The van der Waals surface area contributed by atoms with Gasteiger partial charge in [-0.25, -0.2) is 0 Å². The largest absolute Gasteiger partial charge is 0.457 e. The summed E-state index contributed by atoms with van der Waals surface area (Å²) in [6, 6.07) is 8.65. The van der Waals surface area contributed by atoms with E-state index in [0.29, 0.717) is 5.75 Å². The van der Waals surface area contributed by atoms with Crippen molar-refractivity contribution < 1.29 is 17.9 Å². The summed E-state index contributed by atoms with van der Waals surface area (Å²) in [7, 11) is 0. The normalized spacial score (nSPS) is 11.4. The zero-order chi connectivity index (χ0) is 14.9. The van der Waals surface area contributed by atoms with Crippen LogP contribution in [0.1, 0.15) is 16.7 Å². The Labute approximate surface area is 115 Å². The van der Waals surface area contributed by atoms with E-state index in [0.717, 1.165) is 23.3 Å². The van der Waals surface area contributed by atoms with Crippen LogP contribution >= 0.6 is 0 Å². The zero-order valence-corrected chi connectivity index (χ0v) is 11.1. The van der Waals surface area contributed by atoms with Crippen molar-refractivity contribution in [3.8, 4) is 11.5 Å². The number of hydrogen-bond acceptors (Lipinski definition) is 2. The van der Waals surface area contributed by atoms with E-state index in [1.165, 1.54) is 6.07 Å². The van der Waals surface area contributed by atoms with Crippen LogP contribution < -0.4 is 10.5 Å². The van der Waals surface area contributed by atoms with E-state index in [2.05, 4.69) is 0 Å². The molecule has 0 bridgehead atoms. The van der Waals surface area contributed by atoms with Crippen LogP contribution in [0.4, 0.5) is 18.9 Å². The van der Waals surface area contributed by atoms with Gasteiger partial charge in [0.25, 0.3) is 0 Å². The molecule has 0 saturated carbocycles. The lowest BCUT2D eigenvalue weighted by molar-refractivity contribution is -0.137. The van der Waals surface area contributed by atoms with Crippen LogP contribution in [0.3, 0.4) is 0 Å². The minimum absolute atomic E-state index is 0.0131. The van der Waals surface area contributed by atoms with Gasteiger partial charge in [-0.05, 0) is 49.2 Å². The average molecular weight is 281 g/mol.